The van der Waals surface area contributed by atoms with Crippen LogP contribution in [0.1, 0.15) is 18.6 Å². The van der Waals surface area contributed by atoms with Crippen molar-refractivity contribution >= 4 is 6.16 Å². The van der Waals surface area contributed by atoms with Crippen LogP contribution in [0, 0.1) is 0 Å². The average molecular weight is 230 g/mol. The van der Waals surface area contributed by atoms with E-state index >= 15 is 0 Å². The number of halogens is 2. The highest BCUT2D eigenvalue weighted by Gasteiger charge is 2.31. The minimum Gasteiger partial charge on any atom is -0.450 e. The molecule has 1 N–H and O–H groups in total. The summed E-state index contributed by atoms with van der Waals surface area (Å²) in [5.74, 6) is 0. The molecular weight excluding hydrogens is 218 g/mol. The highest BCUT2D eigenvalue weighted by Crippen LogP contribution is 2.27. The summed E-state index contributed by atoms with van der Waals surface area (Å²) in [4.78, 5) is 10.4. The standard InChI is InChI=1S/C11H12F2O3/c1-7(12)9(13)10(16-11(14)15)8-5-3-2-4-6-8/h2-7,9-10H,1H3,(H,14,15). The third-order valence-electron chi connectivity index (χ3n) is 2.08. The fourth-order valence-corrected chi connectivity index (χ4v) is 1.31. The van der Waals surface area contributed by atoms with Gasteiger partial charge in [-0.1, -0.05) is 30.3 Å². The van der Waals surface area contributed by atoms with E-state index in [9.17, 15) is 13.6 Å². The van der Waals surface area contributed by atoms with E-state index in [0.29, 0.717) is 5.56 Å². The number of ether oxygens (including phenoxy) is 1. The van der Waals surface area contributed by atoms with Crippen molar-refractivity contribution in [2.45, 2.75) is 25.4 Å². The number of carboxylic acid groups (broad SMARTS) is 1. The minimum atomic E-state index is -2.02. The first-order chi connectivity index (χ1) is 7.52. The van der Waals surface area contributed by atoms with Crippen LogP contribution in [-0.2, 0) is 4.74 Å². The van der Waals surface area contributed by atoms with Crippen LogP contribution >= 0.6 is 0 Å². The zero-order valence-corrected chi connectivity index (χ0v) is 8.64. The van der Waals surface area contributed by atoms with Gasteiger partial charge in [0.25, 0.3) is 0 Å². The van der Waals surface area contributed by atoms with Crippen LogP contribution in [0.3, 0.4) is 0 Å². The maximum absolute atomic E-state index is 13.5. The number of carbonyl (C=O) groups is 1. The van der Waals surface area contributed by atoms with Gasteiger partial charge >= 0.3 is 6.16 Å². The lowest BCUT2D eigenvalue weighted by molar-refractivity contribution is -0.0108. The number of benzene rings is 1. The Morgan fingerprint density at radius 2 is 1.88 bits per heavy atom. The van der Waals surface area contributed by atoms with Crippen LogP contribution < -0.4 is 0 Å². The Bertz CT molecular complexity index is 340. The number of hydrogen-bond donors (Lipinski definition) is 1. The molecule has 3 unspecified atom stereocenters. The quantitative estimate of drug-likeness (QED) is 0.808. The van der Waals surface area contributed by atoms with Crippen molar-refractivity contribution in [2.75, 3.05) is 0 Å². The summed E-state index contributed by atoms with van der Waals surface area (Å²) in [6.45, 7) is 1.02. The Hall–Kier alpha value is -1.65. The molecule has 1 aromatic rings. The molecule has 0 aliphatic rings. The lowest BCUT2D eigenvalue weighted by Crippen LogP contribution is -2.26. The Balaban J connectivity index is 2.91. The molecule has 0 saturated heterocycles. The molecule has 16 heavy (non-hydrogen) atoms. The summed E-state index contributed by atoms with van der Waals surface area (Å²) in [6, 6.07) is 7.87. The van der Waals surface area contributed by atoms with E-state index in [2.05, 4.69) is 4.74 Å². The molecule has 0 fully saturated rings. The van der Waals surface area contributed by atoms with Crippen molar-refractivity contribution in [3.05, 3.63) is 35.9 Å². The van der Waals surface area contributed by atoms with E-state index < -0.39 is 24.6 Å². The summed E-state index contributed by atoms with van der Waals surface area (Å²) in [5.41, 5.74) is 0.293. The van der Waals surface area contributed by atoms with E-state index in [1.807, 2.05) is 0 Å². The van der Waals surface area contributed by atoms with Gasteiger partial charge in [-0.25, -0.2) is 13.6 Å². The molecule has 0 aromatic heterocycles. The molecule has 0 amide bonds. The minimum absolute atomic E-state index is 0.293. The smallest absolute Gasteiger partial charge is 0.450 e. The van der Waals surface area contributed by atoms with Crippen LogP contribution in [0.4, 0.5) is 13.6 Å². The van der Waals surface area contributed by atoms with Crippen molar-refractivity contribution in [3.63, 3.8) is 0 Å². The Labute approximate surface area is 91.7 Å². The molecule has 1 rings (SSSR count). The molecule has 0 heterocycles. The maximum atomic E-state index is 13.5. The predicted octanol–water partition coefficient (Wildman–Crippen LogP) is 3.12. The monoisotopic (exact) mass is 230 g/mol. The molecule has 88 valence electrons. The SMILES string of the molecule is CC(F)C(F)C(OC(=O)O)c1ccccc1. The Morgan fingerprint density at radius 3 is 2.31 bits per heavy atom. The second kappa shape index (κ2) is 5.44. The summed E-state index contributed by atoms with van der Waals surface area (Å²) in [7, 11) is 0. The van der Waals surface area contributed by atoms with Crippen molar-refractivity contribution in [1.29, 1.82) is 0 Å². The number of alkyl halides is 2. The largest absolute Gasteiger partial charge is 0.506 e. The van der Waals surface area contributed by atoms with Crippen LogP contribution in [0.2, 0.25) is 0 Å². The predicted molar refractivity (Wildman–Crippen MR) is 53.8 cm³/mol. The van der Waals surface area contributed by atoms with Crippen LogP contribution in [-0.4, -0.2) is 23.6 Å². The number of rotatable bonds is 4. The molecular formula is C11H12F2O3. The van der Waals surface area contributed by atoms with Gasteiger partial charge in [0.2, 0.25) is 0 Å². The summed E-state index contributed by atoms with van der Waals surface area (Å²) in [6.07, 6.45) is -6.88. The van der Waals surface area contributed by atoms with E-state index in [1.165, 1.54) is 12.1 Å². The molecule has 1 aromatic carbocycles. The Morgan fingerprint density at radius 1 is 1.31 bits per heavy atom. The van der Waals surface area contributed by atoms with Gasteiger partial charge in [-0.2, -0.15) is 0 Å². The van der Waals surface area contributed by atoms with E-state index in [1.54, 1.807) is 18.2 Å². The first-order valence-electron chi connectivity index (χ1n) is 4.75. The lowest BCUT2D eigenvalue weighted by Gasteiger charge is -2.21. The van der Waals surface area contributed by atoms with Crippen LogP contribution in [0.15, 0.2) is 30.3 Å². The summed E-state index contributed by atoms with van der Waals surface area (Å²) < 4.78 is 30.7. The molecule has 0 aliphatic carbocycles. The fourth-order valence-electron chi connectivity index (χ4n) is 1.31. The van der Waals surface area contributed by atoms with Crippen LogP contribution in [0.25, 0.3) is 0 Å². The fraction of sp³-hybridized carbons (Fsp3) is 0.364. The van der Waals surface area contributed by atoms with Gasteiger partial charge in [0.05, 0.1) is 0 Å². The summed E-state index contributed by atoms with van der Waals surface area (Å²) in [5, 5.41) is 8.46. The average Bonchev–Trinajstić information content (AvgIpc) is 2.26. The second-order valence-electron chi connectivity index (χ2n) is 3.34. The first-order valence-corrected chi connectivity index (χ1v) is 4.75. The van der Waals surface area contributed by atoms with Gasteiger partial charge in [0, 0.05) is 0 Å². The Kier molecular flexibility index (Phi) is 4.22. The zero-order valence-electron chi connectivity index (χ0n) is 8.64. The van der Waals surface area contributed by atoms with Gasteiger partial charge in [-0.05, 0) is 12.5 Å². The van der Waals surface area contributed by atoms with Gasteiger partial charge in [0.1, 0.15) is 6.17 Å². The van der Waals surface area contributed by atoms with E-state index in [4.69, 9.17) is 5.11 Å². The molecule has 0 aliphatic heterocycles. The zero-order chi connectivity index (χ0) is 12.1. The van der Waals surface area contributed by atoms with Gasteiger partial charge in [0.15, 0.2) is 12.3 Å². The first kappa shape index (κ1) is 12.4. The third kappa shape index (κ3) is 3.18. The molecule has 5 heteroatoms. The van der Waals surface area contributed by atoms with Gasteiger partial charge in [-0.15, -0.1) is 0 Å². The topological polar surface area (TPSA) is 46.5 Å². The molecule has 3 nitrogen and oxygen atoms in total. The van der Waals surface area contributed by atoms with Crippen molar-refractivity contribution in [3.8, 4) is 0 Å². The maximum Gasteiger partial charge on any atom is 0.506 e. The van der Waals surface area contributed by atoms with E-state index in [-0.39, 0.29) is 0 Å². The van der Waals surface area contributed by atoms with Crippen molar-refractivity contribution in [2.24, 2.45) is 0 Å². The van der Waals surface area contributed by atoms with Gasteiger partial charge in [-0.3, -0.25) is 0 Å². The van der Waals surface area contributed by atoms with Gasteiger partial charge < -0.3 is 9.84 Å². The molecule has 0 radical (unpaired) electrons. The molecule has 0 bridgehead atoms. The normalized spacial score (nSPS) is 16.2. The summed E-state index contributed by atoms with van der Waals surface area (Å²) >= 11 is 0. The highest BCUT2D eigenvalue weighted by molar-refractivity contribution is 5.57. The molecule has 3 atom stereocenters. The van der Waals surface area contributed by atoms with E-state index in [0.717, 1.165) is 6.92 Å². The molecule has 0 saturated carbocycles. The second-order valence-corrected chi connectivity index (χ2v) is 3.34. The lowest BCUT2D eigenvalue weighted by atomic mass is 10.0. The molecule has 0 spiro atoms. The number of hydrogen-bond acceptors (Lipinski definition) is 2. The van der Waals surface area contributed by atoms with Crippen LogP contribution in [0.5, 0.6) is 0 Å². The third-order valence-corrected chi connectivity index (χ3v) is 2.08. The van der Waals surface area contributed by atoms with Crippen molar-refractivity contribution < 1.29 is 23.4 Å². The highest BCUT2D eigenvalue weighted by atomic mass is 19.2. The van der Waals surface area contributed by atoms with Crippen molar-refractivity contribution in [1.82, 2.24) is 0 Å².